The zero-order valence-electron chi connectivity index (χ0n) is 15.6. The maximum Gasteiger partial charge on any atom is 0.279 e. The highest BCUT2D eigenvalue weighted by Crippen LogP contribution is 2.28. The van der Waals surface area contributed by atoms with Crippen molar-refractivity contribution in [2.75, 3.05) is 50.6 Å². The molecule has 3 N–H and O–H groups in total. The Bertz CT molecular complexity index is 853. The molecule has 3 rings (SSSR count). The van der Waals surface area contributed by atoms with Gasteiger partial charge in [-0.3, -0.25) is 9.59 Å². The van der Waals surface area contributed by atoms with Gasteiger partial charge in [0, 0.05) is 5.69 Å². The summed E-state index contributed by atoms with van der Waals surface area (Å²) in [5.41, 5.74) is 1.40. The Balaban J connectivity index is 1.70. The van der Waals surface area contributed by atoms with Gasteiger partial charge >= 0.3 is 0 Å². The van der Waals surface area contributed by atoms with E-state index in [1.54, 1.807) is 42.5 Å². The quantitative estimate of drug-likeness (QED) is 0.680. The number of carbonyl (C=O) groups excluding carboxylic acids is 2. The van der Waals surface area contributed by atoms with Gasteiger partial charge in [-0.2, -0.15) is 0 Å². The highest BCUT2D eigenvalue weighted by Gasteiger charge is 2.19. The van der Waals surface area contributed by atoms with Crippen LogP contribution in [0.4, 0.5) is 11.4 Å². The summed E-state index contributed by atoms with van der Waals surface area (Å²) in [5.74, 6) is 0.0663. The summed E-state index contributed by atoms with van der Waals surface area (Å²) in [5, 5.41) is 6.03. The van der Waals surface area contributed by atoms with E-state index in [0.717, 1.165) is 13.1 Å². The van der Waals surface area contributed by atoms with Gasteiger partial charge in [0.05, 0.1) is 36.6 Å². The number of ether oxygens (including phenoxy) is 2. The molecule has 1 heterocycles. The highest BCUT2D eigenvalue weighted by atomic mass is 35.5. The Morgan fingerprint density at radius 3 is 2.61 bits per heavy atom. The number of quaternary nitrogens is 1. The predicted octanol–water partition coefficient (Wildman–Crippen LogP) is 1.45. The Hall–Kier alpha value is -2.61. The van der Waals surface area contributed by atoms with Crippen molar-refractivity contribution >= 4 is 34.8 Å². The maximum absolute atomic E-state index is 12.5. The first-order chi connectivity index (χ1) is 13.6. The third-order valence-electron chi connectivity index (χ3n) is 4.46. The largest absolute Gasteiger partial charge is 0.495 e. The van der Waals surface area contributed by atoms with E-state index < -0.39 is 0 Å². The Morgan fingerprint density at radius 2 is 1.89 bits per heavy atom. The number of hydrogen-bond acceptors (Lipinski definition) is 4. The monoisotopic (exact) mass is 404 g/mol. The first kappa shape index (κ1) is 20.1. The molecule has 28 heavy (non-hydrogen) atoms. The lowest BCUT2D eigenvalue weighted by Crippen LogP contribution is -3.15. The molecule has 0 spiro atoms. The van der Waals surface area contributed by atoms with Gasteiger partial charge in [0.15, 0.2) is 6.54 Å². The van der Waals surface area contributed by atoms with Gasteiger partial charge in [-0.05, 0) is 30.3 Å². The molecule has 2 aromatic carbocycles. The second kappa shape index (κ2) is 9.54. The third kappa shape index (κ3) is 5.22. The molecule has 7 nitrogen and oxygen atoms in total. The molecule has 0 atom stereocenters. The molecular formula is C20H23ClN3O4+. The number of rotatable bonds is 6. The predicted molar refractivity (Wildman–Crippen MR) is 107 cm³/mol. The van der Waals surface area contributed by atoms with Gasteiger partial charge in [0.1, 0.15) is 18.8 Å². The van der Waals surface area contributed by atoms with Crippen molar-refractivity contribution in [1.29, 1.82) is 0 Å². The van der Waals surface area contributed by atoms with Crippen molar-refractivity contribution in [1.82, 2.24) is 0 Å². The minimum atomic E-state index is -0.328. The number of hydrogen-bond donors (Lipinski definition) is 3. The van der Waals surface area contributed by atoms with Gasteiger partial charge in [0.25, 0.3) is 11.8 Å². The van der Waals surface area contributed by atoms with Crippen LogP contribution in [0.3, 0.4) is 0 Å². The summed E-state index contributed by atoms with van der Waals surface area (Å²) in [6, 6.07) is 11.9. The second-order valence-corrected chi connectivity index (χ2v) is 6.84. The van der Waals surface area contributed by atoms with Crippen LogP contribution in [0.2, 0.25) is 5.02 Å². The Labute approximate surface area is 168 Å². The van der Waals surface area contributed by atoms with E-state index in [2.05, 4.69) is 10.6 Å². The van der Waals surface area contributed by atoms with Crippen LogP contribution in [-0.2, 0) is 9.53 Å². The number of amides is 2. The van der Waals surface area contributed by atoms with Crippen molar-refractivity contribution in [3.05, 3.63) is 53.1 Å². The number of carbonyl (C=O) groups is 2. The molecule has 0 unspecified atom stereocenters. The minimum absolute atomic E-state index is 0.121. The summed E-state index contributed by atoms with van der Waals surface area (Å²) in [6.07, 6.45) is 0. The van der Waals surface area contributed by atoms with E-state index in [4.69, 9.17) is 21.1 Å². The lowest BCUT2D eigenvalue weighted by molar-refractivity contribution is -0.899. The van der Waals surface area contributed by atoms with Gasteiger partial charge in [0.2, 0.25) is 0 Å². The molecule has 1 fully saturated rings. The van der Waals surface area contributed by atoms with Gasteiger partial charge in [-0.15, -0.1) is 0 Å². The smallest absolute Gasteiger partial charge is 0.279 e. The first-order valence-electron chi connectivity index (χ1n) is 9.02. The average molecular weight is 405 g/mol. The third-order valence-corrected chi connectivity index (χ3v) is 4.79. The van der Waals surface area contributed by atoms with Crippen LogP contribution in [0.15, 0.2) is 42.5 Å². The van der Waals surface area contributed by atoms with E-state index in [0.29, 0.717) is 47.5 Å². The number of morpholine rings is 1. The van der Waals surface area contributed by atoms with Gasteiger partial charge < -0.3 is 25.0 Å². The van der Waals surface area contributed by atoms with E-state index in [1.807, 2.05) is 0 Å². The highest BCUT2D eigenvalue weighted by molar-refractivity contribution is 6.34. The lowest BCUT2D eigenvalue weighted by atomic mass is 10.2. The van der Waals surface area contributed by atoms with Crippen LogP contribution in [0.5, 0.6) is 5.75 Å². The molecule has 0 saturated carbocycles. The molecular weight excluding hydrogens is 382 g/mol. The average Bonchev–Trinajstić information content (AvgIpc) is 2.69. The fraction of sp³-hybridized carbons (Fsp3) is 0.300. The summed E-state index contributed by atoms with van der Waals surface area (Å²) in [7, 11) is 1.53. The first-order valence-corrected chi connectivity index (χ1v) is 9.39. The molecule has 1 aliphatic rings. The number of benzene rings is 2. The molecule has 8 heteroatoms. The Kier molecular flexibility index (Phi) is 6.86. The number of halogens is 1. The molecule has 0 radical (unpaired) electrons. The zero-order chi connectivity index (χ0) is 19.9. The van der Waals surface area contributed by atoms with E-state index in [9.17, 15) is 9.59 Å². The van der Waals surface area contributed by atoms with Crippen LogP contribution >= 0.6 is 11.6 Å². The van der Waals surface area contributed by atoms with Crippen molar-refractivity contribution in [2.45, 2.75) is 0 Å². The zero-order valence-corrected chi connectivity index (χ0v) is 16.3. The van der Waals surface area contributed by atoms with Crippen molar-refractivity contribution < 1.29 is 24.0 Å². The summed E-state index contributed by atoms with van der Waals surface area (Å²) in [4.78, 5) is 26.0. The fourth-order valence-electron chi connectivity index (χ4n) is 2.99. The molecule has 2 aromatic rings. The Morgan fingerprint density at radius 1 is 1.14 bits per heavy atom. The topological polar surface area (TPSA) is 81.1 Å². The minimum Gasteiger partial charge on any atom is -0.495 e. The van der Waals surface area contributed by atoms with Crippen LogP contribution in [-0.4, -0.2) is 51.8 Å². The number of nitrogens with one attached hydrogen (secondary N) is 3. The fourth-order valence-corrected chi connectivity index (χ4v) is 3.21. The van der Waals surface area contributed by atoms with Crippen molar-refractivity contribution in [2.24, 2.45) is 0 Å². The normalized spacial score (nSPS) is 14.4. The summed E-state index contributed by atoms with van der Waals surface area (Å²) < 4.78 is 10.6. The number of methoxy groups -OCH3 is 1. The standard InChI is InChI=1S/C20H22ClN3O4/c1-27-18-7-6-14(22-20(26)15-4-2-3-5-16(15)21)12-17(18)23-19(25)13-24-8-10-28-11-9-24/h2-7,12H,8-11,13H2,1H3,(H,22,26)(H,23,25)/p+1. The molecule has 0 aliphatic carbocycles. The molecule has 1 saturated heterocycles. The maximum atomic E-state index is 12.5. The van der Waals surface area contributed by atoms with Gasteiger partial charge in [-0.1, -0.05) is 23.7 Å². The molecule has 0 aromatic heterocycles. The van der Waals surface area contributed by atoms with Crippen molar-refractivity contribution in [3.63, 3.8) is 0 Å². The summed E-state index contributed by atoms with van der Waals surface area (Å²) >= 11 is 6.08. The molecule has 148 valence electrons. The van der Waals surface area contributed by atoms with Crippen LogP contribution in [0.1, 0.15) is 10.4 Å². The van der Waals surface area contributed by atoms with Gasteiger partial charge in [-0.25, -0.2) is 0 Å². The lowest BCUT2D eigenvalue weighted by Gasteiger charge is -2.23. The molecule has 1 aliphatic heterocycles. The molecule has 0 bridgehead atoms. The van der Waals surface area contributed by atoms with E-state index in [1.165, 1.54) is 12.0 Å². The second-order valence-electron chi connectivity index (χ2n) is 6.44. The SMILES string of the molecule is COc1ccc(NC(=O)c2ccccc2Cl)cc1NC(=O)C[NH+]1CCOCC1. The number of anilines is 2. The van der Waals surface area contributed by atoms with Crippen LogP contribution in [0, 0.1) is 0 Å². The summed E-state index contributed by atoms with van der Waals surface area (Å²) in [6.45, 7) is 3.28. The van der Waals surface area contributed by atoms with Crippen LogP contribution in [0.25, 0.3) is 0 Å². The van der Waals surface area contributed by atoms with E-state index >= 15 is 0 Å². The van der Waals surface area contributed by atoms with Crippen molar-refractivity contribution in [3.8, 4) is 5.75 Å². The van der Waals surface area contributed by atoms with E-state index in [-0.39, 0.29) is 11.8 Å². The molecule has 2 amide bonds. The van der Waals surface area contributed by atoms with Crippen LogP contribution < -0.4 is 20.3 Å².